The van der Waals surface area contributed by atoms with Gasteiger partial charge in [0.25, 0.3) is 0 Å². The lowest BCUT2D eigenvalue weighted by Gasteiger charge is -2.13. The molecule has 0 saturated carbocycles. The predicted octanol–water partition coefficient (Wildman–Crippen LogP) is 4.73. The molecule has 1 heterocycles. The van der Waals surface area contributed by atoms with Gasteiger partial charge in [0.15, 0.2) is 5.78 Å². The second kappa shape index (κ2) is 8.42. The molecule has 0 atom stereocenters. The van der Waals surface area contributed by atoms with Crippen LogP contribution in [-0.2, 0) is 0 Å². The second-order valence-electron chi connectivity index (χ2n) is 6.34. The van der Waals surface area contributed by atoms with Crippen molar-refractivity contribution in [2.45, 2.75) is 39.0 Å². The lowest BCUT2D eigenvalue weighted by molar-refractivity contribution is 0.101. The summed E-state index contributed by atoms with van der Waals surface area (Å²) in [5.41, 5.74) is 3.06. The van der Waals surface area contributed by atoms with Crippen molar-refractivity contribution >= 4 is 23.1 Å². The van der Waals surface area contributed by atoms with Crippen molar-refractivity contribution in [2.24, 2.45) is 0 Å². The molecule has 0 amide bonds. The number of anilines is 3. The molecule has 1 aliphatic carbocycles. The van der Waals surface area contributed by atoms with E-state index in [9.17, 15) is 4.79 Å². The van der Waals surface area contributed by atoms with E-state index in [1.165, 1.54) is 25.7 Å². The third-order valence-electron chi connectivity index (χ3n) is 4.35. The summed E-state index contributed by atoms with van der Waals surface area (Å²) in [6, 6.07) is 9.29. The maximum atomic E-state index is 11.5. The summed E-state index contributed by atoms with van der Waals surface area (Å²) < 4.78 is 0. The zero-order valence-corrected chi connectivity index (χ0v) is 14.6. The largest absolute Gasteiger partial charge is 0.370 e. The number of allylic oxidation sites excluding steroid dienone is 1. The summed E-state index contributed by atoms with van der Waals surface area (Å²) >= 11 is 0. The molecule has 0 radical (unpaired) electrons. The van der Waals surface area contributed by atoms with Crippen LogP contribution in [0.5, 0.6) is 0 Å². The zero-order chi connectivity index (χ0) is 17.5. The molecule has 2 aromatic rings. The van der Waals surface area contributed by atoms with Gasteiger partial charge in [-0.15, -0.1) is 0 Å². The zero-order valence-electron chi connectivity index (χ0n) is 14.6. The second-order valence-corrected chi connectivity index (χ2v) is 6.34. The molecule has 0 spiro atoms. The minimum atomic E-state index is 0.0470. The van der Waals surface area contributed by atoms with Crippen molar-refractivity contribution in [3.63, 3.8) is 0 Å². The number of benzene rings is 1. The van der Waals surface area contributed by atoms with Gasteiger partial charge in [-0.1, -0.05) is 23.8 Å². The number of hydrogen-bond acceptors (Lipinski definition) is 5. The fourth-order valence-electron chi connectivity index (χ4n) is 2.97. The van der Waals surface area contributed by atoms with Crippen LogP contribution in [0.4, 0.5) is 17.3 Å². The van der Waals surface area contributed by atoms with Gasteiger partial charge in [0, 0.05) is 23.9 Å². The first-order valence-corrected chi connectivity index (χ1v) is 8.82. The van der Waals surface area contributed by atoms with Gasteiger partial charge in [-0.25, -0.2) is 9.97 Å². The van der Waals surface area contributed by atoms with E-state index in [1.54, 1.807) is 24.9 Å². The van der Waals surface area contributed by atoms with Crippen LogP contribution >= 0.6 is 0 Å². The van der Waals surface area contributed by atoms with Crippen LogP contribution in [0.1, 0.15) is 49.4 Å². The molecule has 5 nitrogen and oxygen atoms in total. The Morgan fingerprint density at radius 2 is 2.04 bits per heavy atom. The smallest absolute Gasteiger partial charge is 0.159 e. The molecular formula is C20H24N4O. The highest BCUT2D eigenvalue weighted by molar-refractivity contribution is 5.95. The Kier molecular flexibility index (Phi) is 5.77. The molecule has 2 N–H and O–H groups in total. The van der Waals surface area contributed by atoms with E-state index in [0.29, 0.717) is 11.4 Å². The van der Waals surface area contributed by atoms with E-state index in [0.717, 1.165) is 24.5 Å². The Balaban J connectivity index is 1.58. The summed E-state index contributed by atoms with van der Waals surface area (Å²) in [4.78, 5) is 20.0. The lowest BCUT2D eigenvalue weighted by atomic mass is 9.97. The van der Waals surface area contributed by atoms with Gasteiger partial charge in [-0.3, -0.25) is 4.79 Å². The number of nitrogens with one attached hydrogen (secondary N) is 2. The first-order chi connectivity index (χ1) is 12.2. The Morgan fingerprint density at radius 3 is 2.84 bits per heavy atom. The Labute approximate surface area is 148 Å². The average Bonchev–Trinajstić information content (AvgIpc) is 2.63. The van der Waals surface area contributed by atoms with Crippen LogP contribution in [0.2, 0.25) is 0 Å². The molecule has 130 valence electrons. The van der Waals surface area contributed by atoms with E-state index in [1.807, 2.05) is 24.3 Å². The Hall–Kier alpha value is -2.69. The maximum absolute atomic E-state index is 11.5. The van der Waals surface area contributed by atoms with E-state index in [2.05, 4.69) is 26.7 Å². The highest BCUT2D eigenvalue weighted by atomic mass is 16.1. The molecule has 25 heavy (non-hydrogen) atoms. The van der Waals surface area contributed by atoms with Crippen LogP contribution in [0.3, 0.4) is 0 Å². The van der Waals surface area contributed by atoms with Crippen LogP contribution in [0, 0.1) is 0 Å². The number of carbonyl (C=O) groups excluding carboxylic acids is 1. The molecule has 3 rings (SSSR count). The predicted molar refractivity (Wildman–Crippen MR) is 101 cm³/mol. The minimum absolute atomic E-state index is 0.0470. The van der Waals surface area contributed by atoms with Crippen LogP contribution in [0.15, 0.2) is 48.3 Å². The van der Waals surface area contributed by atoms with Crippen molar-refractivity contribution in [3.8, 4) is 0 Å². The monoisotopic (exact) mass is 336 g/mol. The molecule has 0 fully saturated rings. The quantitative estimate of drug-likeness (QED) is 0.565. The van der Waals surface area contributed by atoms with Gasteiger partial charge in [0.05, 0.1) is 0 Å². The lowest BCUT2D eigenvalue weighted by Crippen LogP contribution is -2.06. The number of rotatable bonds is 7. The normalized spacial score (nSPS) is 13.9. The molecule has 5 heteroatoms. The van der Waals surface area contributed by atoms with Gasteiger partial charge >= 0.3 is 0 Å². The fourth-order valence-corrected chi connectivity index (χ4v) is 2.97. The third-order valence-corrected chi connectivity index (χ3v) is 4.35. The van der Waals surface area contributed by atoms with Crippen molar-refractivity contribution in [3.05, 3.63) is 53.9 Å². The van der Waals surface area contributed by atoms with E-state index in [-0.39, 0.29) is 5.78 Å². The first-order valence-electron chi connectivity index (χ1n) is 8.82. The number of hydrogen-bond donors (Lipinski definition) is 2. The van der Waals surface area contributed by atoms with Crippen molar-refractivity contribution in [2.75, 3.05) is 17.2 Å². The molecule has 0 aliphatic heterocycles. The highest BCUT2D eigenvalue weighted by Gasteiger charge is 2.05. The number of carbonyl (C=O) groups is 1. The van der Waals surface area contributed by atoms with Gasteiger partial charge in [0.1, 0.15) is 18.0 Å². The molecule has 1 aromatic heterocycles. The minimum Gasteiger partial charge on any atom is -0.370 e. The number of nitrogens with zero attached hydrogens (tertiary/aromatic N) is 2. The summed E-state index contributed by atoms with van der Waals surface area (Å²) in [6.45, 7) is 2.44. The summed E-state index contributed by atoms with van der Waals surface area (Å²) in [7, 11) is 0. The summed E-state index contributed by atoms with van der Waals surface area (Å²) in [5, 5.41) is 6.59. The average molecular weight is 336 g/mol. The van der Waals surface area contributed by atoms with Gasteiger partial charge in [0.2, 0.25) is 0 Å². The fraction of sp³-hybridized carbons (Fsp3) is 0.350. The first kappa shape index (κ1) is 17.1. The van der Waals surface area contributed by atoms with E-state index in [4.69, 9.17) is 0 Å². The SMILES string of the molecule is CC(=O)c1cccc(Nc2cc(NCCC3=CCCCC3)ncn2)c1. The topological polar surface area (TPSA) is 66.9 Å². The van der Waals surface area contributed by atoms with Crippen LogP contribution in [0.25, 0.3) is 0 Å². The summed E-state index contributed by atoms with van der Waals surface area (Å²) in [6.07, 6.45) is 10.1. The number of aromatic nitrogens is 2. The highest BCUT2D eigenvalue weighted by Crippen LogP contribution is 2.21. The van der Waals surface area contributed by atoms with Gasteiger partial charge in [-0.2, -0.15) is 0 Å². The molecule has 1 aliphatic rings. The van der Waals surface area contributed by atoms with E-state index < -0.39 is 0 Å². The molecule has 0 saturated heterocycles. The molecule has 1 aromatic carbocycles. The maximum Gasteiger partial charge on any atom is 0.159 e. The molecular weight excluding hydrogens is 312 g/mol. The van der Waals surface area contributed by atoms with Crippen LogP contribution in [-0.4, -0.2) is 22.3 Å². The van der Waals surface area contributed by atoms with Gasteiger partial charge < -0.3 is 10.6 Å². The Bertz CT molecular complexity index is 770. The van der Waals surface area contributed by atoms with Crippen molar-refractivity contribution < 1.29 is 4.79 Å². The molecule has 0 unspecified atom stereocenters. The van der Waals surface area contributed by atoms with Crippen molar-refractivity contribution in [1.29, 1.82) is 0 Å². The molecule has 0 bridgehead atoms. The van der Waals surface area contributed by atoms with Crippen molar-refractivity contribution in [1.82, 2.24) is 9.97 Å². The van der Waals surface area contributed by atoms with E-state index >= 15 is 0 Å². The summed E-state index contributed by atoms with van der Waals surface area (Å²) in [5.74, 6) is 1.55. The Morgan fingerprint density at radius 1 is 1.16 bits per heavy atom. The number of ketones is 1. The van der Waals surface area contributed by atoms with Crippen LogP contribution < -0.4 is 10.6 Å². The number of Topliss-reactive ketones (excluding diaryl/α,β-unsaturated/α-hetero) is 1. The standard InChI is InChI=1S/C20H24N4O/c1-15(25)17-8-5-9-18(12-17)24-20-13-19(22-14-23-20)21-11-10-16-6-3-2-4-7-16/h5-6,8-9,12-14H,2-4,7,10-11H2,1H3,(H2,21,22,23,24). The third kappa shape index (κ3) is 5.14. The van der Waals surface area contributed by atoms with Gasteiger partial charge in [-0.05, 0) is 51.2 Å².